The number of rotatable bonds is 6. The molecule has 4 aromatic carbocycles. The van der Waals surface area contributed by atoms with Gasteiger partial charge in [-0.25, -0.2) is 4.39 Å². The number of fused-ring (bicyclic) bond motifs is 5. The summed E-state index contributed by atoms with van der Waals surface area (Å²) in [5.41, 5.74) is 1.02. The second kappa shape index (κ2) is 11.2. The monoisotopic (exact) mass is 680 g/mol. The average molecular weight is 681 g/mol. The van der Waals surface area contributed by atoms with Crippen molar-refractivity contribution in [2.45, 2.75) is 29.1 Å². The zero-order chi connectivity index (χ0) is 32.4. The molecule has 8 rings (SSSR count). The summed E-state index contributed by atoms with van der Waals surface area (Å²) in [6.45, 7) is 2.15. The van der Waals surface area contributed by atoms with Gasteiger partial charge >= 0.3 is 0 Å². The van der Waals surface area contributed by atoms with Crippen LogP contribution in [0.15, 0.2) is 105 Å². The number of carbonyl (C=O) groups is 2. The number of carbonyl (C=O) groups excluding carboxylic acids is 2. The lowest BCUT2D eigenvalue weighted by Crippen LogP contribution is -2.53. The zero-order valence-corrected chi connectivity index (χ0v) is 27.0. The molecule has 2 aliphatic heterocycles. The highest BCUT2D eigenvalue weighted by atomic mass is 35.5. The molecule has 6 aromatic rings. The van der Waals surface area contributed by atoms with Crippen molar-refractivity contribution in [1.82, 2.24) is 10.2 Å². The Morgan fingerprint density at radius 1 is 0.936 bits per heavy atom. The molecule has 2 amide bonds. The van der Waals surface area contributed by atoms with Gasteiger partial charge in [0.2, 0.25) is 10.9 Å². The van der Waals surface area contributed by atoms with Crippen LogP contribution in [0.3, 0.4) is 0 Å². The van der Waals surface area contributed by atoms with Gasteiger partial charge in [0.05, 0.1) is 23.2 Å². The first-order valence-corrected chi connectivity index (χ1v) is 16.7. The molecular weight excluding hydrogens is 659 g/mol. The maximum Gasteiger partial charge on any atom is 0.297 e. The Hall–Kier alpha value is -4.84. The van der Waals surface area contributed by atoms with Gasteiger partial charge in [0.1, 0.15) is 11.4 Å². The number of thioether (sulfide) groups is 1. The molecule has 8 nitrogen and oxygen atoms in total. The summed E-state index contributed by atoms with van der Waals surface area (Å²) in [5.74, 6) is -1.65. The number of anilines is 2. The molecule has 2 aliphatic rings. The van der Waals surface area contributed by atoms with Gasteiger partial charge < -0.3 is 9.32 Å². The minimum atomic E-state index is -1.97. The number of halogens is 2. The Bertz CT molecular complexity index is 2340. The van der Waals surface area contributed by atoms with Crippen LogP contribution in [0.25, 0.3) is 11.0 Å². The van der Waals surface area contributed by atoms with E-state index in [9.17, 15) is 14.0 Å². The van der Waals surface area contributed by atoms with Crippen LogP contribution in [0.2, 0.25) is 5.02 Å². The number of hydrogen-bond donors (Lipinski definition) is 0. The van der Waals surface area contributed by atoms with Gasteiger partial charge in [-0.05, 0) is 54.4 Å². The SMILES string of the molecule is Cc1cccc(CN2C(=O)C3(c4ccccc42)c2c(oc4ccc(F)cc4c2=O)C(=O)N3c2nnc(SCc3cccc(Cl)c3)s2)c1. The van der Waals surface area contributed by atoms with Crippen LogP contribution >= 0.6 is 34.7 Å². The van der Waals surface area contributed by atoms with E-state index in [0.717, 1.165) is 40.2 Å². The first-order valence-electron chi connectivity index (χ1n) is 14.5. The van der Waals surface area contributed by atoms with Gasteiger partial charge in [0.25, 0.3) is 11.8 Å². The van der Waals surface area contributed by atoms with Crippen molar-refractivity contribution < 1.29 is 18.4 Å². The van der Waals surface area contributed by atoms with Gasteiger partial charge in [0.15, 0.2) is 15.3 Å². The highest BCUT2D eigenvalue weighted by Crippen LogP contribution is 2.55. The summed E-state index contributed by atoms with van der Waals surface area (Å²) in [4.78, 5) is 46.8. The lowest BCUT2D eigenvalue weighted by molar-refractivity contribution is -0.121. The molecule has 1 spiro atoms. The van der Waals surface area contributed by atoms with Crippen LogP contribution in [0, 0.1) is 12.7 Å². The second-order valence-corrected chi connectivity index (χ2v) is 13.9. The van der Waals surface area contributed by atoms with Gasteiger partial charge in [-0.2, -0.15) is 0 Å². The Kier molecular flexibility index (Phi) is 7.01. The van der Waals surface area contributed by atoms with Gasteiger partial charge in [-0.3, -0.25) is 19.3 Å². The largest absolute Gasteiger partial charge is 0.450 e. The van der Waals surface area contributed by atoms with E-state index < -0.39 is 28.6 Å². The van der Waals surface area contributed by atoms with E-state index in [1.165, 1.54) is 22.7 Å². The molecule has 0 radical (unpaired) electrons. The number of amides is 2. The lowest BCUT2D eigenvalue weighted by atomic mass is 9.84. The van der Waals surface area contributed by atoms with E-state index in [4.69, 9.17) is 16.0 Å². The topological polar surface area (TPSA) is 96.6 Å². The number of aromatic nitrogens is 2. The van der Waals surface area contributed by atoms with E-state index >= 15 is 4.79 Å². The van der Waals surface area contributed by atoms with Crippen LogP contribution < -0.4 is 15.2 Å². The normalized spacial score (nSPS) is 16.8. The first kappa shape index (κ1) is 29.6. The predicted molar refractivity (Wildman–Crippen MR) is 180 cm³/mol. The van der Waals surface area contributed by atoms with Crippen molar-refractivity contribution in [3.63, 3.8) is 0 Å². The van der Waals surface area contributed by atoms with Crippen LogP contribution in [0.4, 0.5) is 15.2 Å². The smallest absolute Gasteiger partial charge is 0.297 e. The zero-order valence-electron chi connectivity index (χ0n) is 24.6. The molecule has 232 valence electrons. The Balaban J connectivity index is 1.32. The van der Waals surface area contributed by atoms with Crippen molar-refractivity contribution in [2.24, 2.45) is 0 Å². The molecule has 0 bridgehead atoms. The molecule has 47 heavy (non-hydrogen) atoms. The van der Waals surface area contributed by atoms with Crippen LogP contribution in [0.5, 0.6) is 0 Å². The molecule has 1 unspecified atom stereocenters. The third-order valence-electron chi connectivity index (χ3n) is 8.35. The molecule has 0 N–H and O–H groups in total. The van der Waals surface area contributed by atoms with Crippen molar-refractivity contribution in [3.05, 3.63) is 146 Å². The summed E-state index contributed by atoms with van der Waals surface area (Å²) in [7, 11) is 0. The highest BCUT2D eigenvalue weighted by Gasteiger charge is 2.66. The maximum absolute atomic E-state index is 15.1. The van der Waals surface area contributed by atoms with Crippen molar-refractivity contribution >= 4 is 68.3 Å². The van der Waals surface area contributed by atoms with E-state index in [1.54, 1.807) is 35.2 Å². The lowest BCUT2D eigenvalue weighted by Gasteiger charge is -2.32. The molecule has 0 fully saturated rings. The highest BCUT2D eigenvalue weighted by molar-refractivity contribution is 8.00. The summed E-state index contributed by atoms with van der Waals surface area (Å²) < 4.78 is 21.1. The minimum absolute atomic E-state index is 0.0332. The third kappa shape index (κ3) is 4.60. The van der Waals surface area contributed by atoms with E-state index in [0.29, 0.717) is 26.4 Å². The van der Waals surface area contributed by atoms with Gasteiger partial charge in [-0.15, -0.1) is 10.2 Å². The van der Waals surface area contributed by atoms with Crippen LogP contribution in [-0.4, -0.2) is 22.0 Å². The fraction of sp³-hybridized carbons (Fsp3) is 0.114. The molecule has 0 aliphatic carbocycles. The number of para-hydroxylation sites is 1. The van der Waals surface area contributed by atoms with E-state index in [1.807, 2.05) is 49.4 Å². The molecule has 2 aromatic heterocycles. The summed E-state index contributed by atoms with van der Waals surface area (Å²) in [5, 5.41) is 9.37. The molecule has 0 saturated carbocycles. The van der Waals surface area contributed by atoms with Crippen molar-refractivity contribution in [3.8, 4) is 0 Å². The fourth-order valence-corrected chi connectivity index (χ4v) is 8.46. The molecular formula is C35H22ClFN4O4S2. The van der Waals surface area contributed by atoms with Gasteiger partial charge in [0, 0.05) is 16.3 Å². The van der Waals surface area contributed by atoms with Crippen molar-refractivity contribution in [1.29, 1.82) is 0 Å². The number of benzene rings is 4. The predicted octanol–water partition coefficient (Wildman–Crippen LogP) is 7.49. The molecule has 1 atom stereocenters. The Morgan fingerprint density at radius 2 is 1.74 bits per heavy atom. The fourth-order valence-electron chi connectivity index (χ4n) is 6.41. The van der Waals surface area contributed by atoms with Crippen molar-refractivity contribution in [2.75, 3.05) is 9.80 Å². The maximum atomic E-state index is 15.1. The number of aryl methyl sites for hydroxylation is 1. The quantitative estimate of drug-likeness (QED) is 0.133. The van der Waals surface area contributed by atoms with E-state index in [2.05, 4.69) is 10.2 Å². The summed E-state index contributed by atoms with van der Waals surface area (Å²) in [6.07, 6.45) is 0. The Labute approximate surface area is 280 Å². The van der Waals surface area contributed by atoms with Crippen LogP contribution in [-0.2, 0) is 22.6 Å². The second-order valence-electron chi connectivity index (χ2n) is 11.3. The molecule has 12 heteroatoms. The average Bonchev–Trinajstić information content (AvgIpc) is 3.70. The van der Waals surface area contributed by atoms with Crippen LogP contribution in [0.1, 0.15) is 38.4 Å². The molecule has 4 heterocycles. The number of nitrogens with zero attached hydrogens (tertiary/aromatic N) is 4. The molecule has 0 saturated heterocycles. The summed E-state index contributed by atoms with van der Waals surface area (Å²) in [6, 6.07) is 25.8. The minimum Gasteiger partial charge on any atom is -0.450 e. The standard InChI is InChI=1S/C35H22ClFN4O4S2/c1-19-6-4-7-20(14-19)17-40-26-11-3-2-10-25(26)35(32(40)44)28-29(42)24-16-23(37)12-13-27(24)45-30(28)31(43)41(35)33-38-39-34(47-33)46-18-21-8-5-9-22(36)15-21/h2-16H,17-18H2,1H3. The number of hydrogen-bond acceptors (Lipinski definition) is 8. The summed E-state index contributed by atoms with van der Waals surface area (Å²) >= 11 is 8.69. The van der Waals surface area contributed by atoms with E-state index in [-0.39, 0.29) is 34.0 Å². The third-order valence-corrected chi connectivity index (χ3v) is 10.7. The Morgan fingerprint density at radius 3 is 2.57 bits per heavy atom. The first-order chi connectivity index (χ1) is 22.8. The van der Waals surface area contributed by atoms with Gasteiger partial charge in [-0.1, -0.05) is 94.9 Å².